The molecule has 0 spiro atoms. The highest BCUT2D eigenvalue weighted by Crippen LogP contribution is 2.27. The maximum atomic E-state index is 13.4. The van der Waals surface area contributed by atoms with Gasteiger partial charge in [-0.25, -0.2) is 23.6 Å². The lowest BCUT2D eigenvalue weighted by molar-refractivity contribution is -0.384. The van der Waals surface area contributed by atoms with Crippen LogP contribution in [0.5, 0.6) is 0 Å². The summed E-state index contributed by atoms with van der Waals surface area (Å²) in [7, 11) is 0. The van der Waals surface area contributed by atoms with Crippen LogP contribution in [0.1, 0.15) is 17.2 Å². The standard InChI is InChI=1S/C26H26F2N4O5/c27-21-5-1-19(2-6-21)25(20-3-7-22(28)8-4-20)37-18-17-29-13-15-30(16-14-29)31(26(33)34)23-9-11-24(12-10-23)32(35)36/h1-12,25H,13-18H2,(H,33,34). The fourth-order valence-electron chi connectivity index (χ4n) is 4.23. The minimum Gasteiger partial charge on any atom is -0.464 e. The average Bonchev–Trinajstić information content (AvgIpc) is 2.89. The van der Waals surface area contributed by atoms with Crippen molar-refractivity contribution >= 4 is 17.5 Å². The molecule has 1 heterocycles. The average molecular weight is 513 g/mol. The molecule has 4 rings (SSSR count). The lowest BCUT2D eigenvalue weighted by Crippen LogP contribution is -2.56. The molecule has 0 atom stereocenters. The van der Waals surface area contributed by atoms with Gasteiger partial charge in [0.05, 0.1) is 17.2 Å². The summed E-state index contributed by atoms with van der Waals surface area (Å²) < 4.78 is 33.0. The first kappa shape index (κ1) is 26.1. The molecule has 194 valence electrons. The Bertz CT molecular complexity index is 1160. The molecule has 1 saturated heterocycles. The number of nitro groups is 1. The van der Waals surface area contributed by atoms with Crippen molar-refractivity contribution in [2.75, 3.05) is 44.3 Å². The third-order valence-electron chi connectivity index (χ3n) is 6.16. The van der Waals surface area contributed by atoms with Crippen LogP contribution in [0.2, 0.25) is 0 Å². The summed E-state index contributed by atoms with van der Waals surface area (Å²) in [6, 6.07) is 17.4. The zero-order valence-corrected chi connectivity index (χ0v) is 19.9. The van der Waals surface area contributed by atoms with Crippen LogP contribution in [0.4, 0.5) is 25.0 Å². The number of nitro benzene ring substituents is 1. The quantitative estimate of drug-likeness (QED) is 0.328. The van der Waals surface area contributed by atoms with E-state index in [2.05, 4.69) is 4.90 Å². The zero-order valence-electron chi connectivity index (χ0n) is 19.9. The lowest BCUT2D eigenvalue weighted by atomic mass is 10.0. The molecule has 3 aromatic carbocycles. The number of carbonyl (C=O) groups is 1. The van der Waals surface area contributed by atoms with E-state index in [1.807, 2.05) is 0 Å². The maximum Gasteiger partial charge on any atom is 0.426 e. The predicted octanol–water partition coefficient (Wildman–Crippen LogP) is 4.70. The Balaban J connectivity index is 1.34. The largest absolute Gasteiger partial charge is 0.464 e. The molecular formula is C26H26F2N4O5. The Morgan fingerprint density at radius 1 is 0.919 bits per heavy atom. The highest BCUT2D eigenvalue weighted by molar-refractivity contribution is 5.85. The first-order valence-corrected chi connectivity index (χ1v) is 11.7. The molecule has 3 aromatic rings. The van der Waals surface area contributed by atoms with Gasteiger partial charge in [-0.3, -0.25) is 15.0 Å². The van der Waals surface area contributed by atoms with Gasteiger partial charge in [-0.2, -0.15) is 0 Å². The van der Waals surface area contributed by atoms with Gasteiger partial charge in [-0.1, -0.05) is 24.3 Å². The minimum absolute atomic E-state index is 0.113. The van der Waals surface area contributed by atoms with Crippen molar-refractivity contribution in [1.82, 2.24) is 9.91 Å². The number of benzene rings is 3. The summed E-state index contributed by atoms with van der Waals surface area (Å²) in [4.78, 5) is 24.4. The number of nitrogens with zero attached hydrogens (tertiary/aromatic N) is 4. The van der Waals surface area contributed by atoms with Crippen LogP contribution in [0.3, 0.4) is 0 Å². The number of hydrogen-bond donors (Lipinski definition) is 1. The van der Waals surface area contributed by atoms with Crippen LogP contribution < -0.4 is 5.01 Å². The second-order valence-electron chi connectivity index (χ2n) is 8.52. The number of hydrogen-bond acceptors (Lipinski definition) is 6. The van der Waals surface area contributed by atoms with E-state index in [0.29, 0.717) is 45.0 Å². The molecule has 0 bridgehead atoms. The topological polar surface area (TPSA) is 99.4 Å². The van der Waals surface area contributed by atoms with Crippen LogP contribution in [-0.2, 0) is 4.74 Å². The number of anilines is 1. The van der Waals surface area contributed by atoms with Crippen molar-refractivity contribution in [2.45, 2.75) is 6.10 Å². The molecule has 0 aliphatic carbocycles. The van der Waals surface area contributed by atoms with E-state index in [1.54, 1.807) is 29.3 Å². The second-order valence-corrected chi connectivity index (χ2v) is 8.52. The van der Waals surface area contributed by atoms with Gasteiger partial charge in [0.25, 0.3) is 5.69 Å². The second kappa shape index (κ2) is 11.9. The predicted molar refractivity (Wildman–Crippen MR) is 132 cm³/mol. The van der Waals surface area contributed by atoms with Crippen molar-refractivity contribution in [1.29, 1.82) is 0 Å². The first-order valence-electron chi connectivity index (χ1n) is 11.7. The third kappa shape index (κ3) is 6.64. The summed E-state index contributed by atoms with van der Waals surface area (Å²) in [5.74, 6) is -0.716. The monoisotopic (exact) mass is 512 g/mol. The molecule has 0 unspecified atom stereocenters. The Kier molecular flexibility index (Phi) is 8.39. The van der Waals surface area contributed by atoms with E-state index >= 15 is 0 Å². The number of halogens is 2. The molecule has 1 amide bonds. The van der Waals surface area contributed by atoms with Crippen LogP contribution in [0.25, 0.3) is 0 Å². The first-order chi connectivity index (χ1) is 17.8. The Morgan fingerprint density at radius 3 is 1.89 bits per heavy atom. The third-order valence-corrected chi connectivity index (χ3v) is 6.16. The van der Waals surface area contributed by atoms with E-state index in [1.165, 1.54) is 48.5 Å². The number of amides is 1. The molecule has 0 aromatic heterocycles. The number of non-ortho nitro benzene ring substituents is 1. The van der Waals surface area contributed by atoms with Crippen molar-refractivity contribution in [3.63, 3.8) is 0 Å². The number of carboxylic acid groups (broad SMARTS) is 1. The van der Waals surface area contributed by atoms with E-state index < -0.39 is 17.1 Å². The SMILES string of the molecule is O=C(O)N(c1ccc([N+](=O)[O-])cc1)N1CCN(CCOC(c2ccc(F)cc2)c2ccc(F)cc2)CC1. The molecule has 9 nitrogen and oxygen atoms in total. The number of ether oxygens (including phenoxy) is 1. The summed E-state index contributed by atoms with van der Waals surface area (Å²) in [6.45, 7) is 2.96. The van der Waals surface area contributed by atoms with Crippen LogP contribution in [0.15, 0.2) is 72.8 Å². The molecule has 0 radical (unpaired) electrons. The lowest BCUT2D eigenvalue weighted by Gasteiger charge is -2.39. The molecule has 1 N–H and O–H groups in total. The molecule has 1 aliphatic heterocycles. The van der Waals surface area contributed by atoms with Gasteiger partial charge in [0.2, 0.25) is 0 Å². The summed E-state index contributed by atoms with van der Waals surface area (Å²) in [5, 5.41) is 23.4. The minimum atomic E-state index is -1.17. The molecule has 0 saturated carbocycles. The molecular weight excluding hydrogens is 486 g/mol. The summed E-state index contributed by atoms with van der Waals surface area (Å²) in [6.07, 6.45) is -1.67. The van der Waals surface area contributed by atoms with Gasteiger partial charge in [0, 0.05) is 44.9 Å². The van der Waals surface area contributed by atoms with E-state index in [9.17, 15) is 28.8 Å². The molecule has 1 aliphatic rings. The smallest absolute Gasteiger partial charge is 0.426 e. The molecule has 37 heavy (non-hydrogen) atoms. The number of hydrazine groups is 1. The van der Waals surface area contributed by atoms with E-state index in [0.717, 1.165) is 16.1 Å². The molecule has 11 heteroatoms. The number of piperazine rings is 1. The van der Waals surface area contributed by atoms with Gasteiger partial charge in [0.1, 0.15) is 17.7 Å². The Morgan fingerprint density at radius 2 is 1.43 bits per heavy atom. The van der Waals surface area contributed by atoms with Crippen LogP contribution >= 0.6 is 0 Å². The van der Waals surface area contributed by atoms with E-state index in [4.69, 9.17) is 4.74 Å². The zero-order chi connectivity index (χ0) is 26.4. The van der Waals surface area contributed by atoms with Gasteiger partial charge in [-0.05, 0) is 47.5 Å². The highest BCUT2D eigenvalue weighted by atomic mass is 19.1. The van der Waals surface area contributed by atoms with Crippen molar-refractivity contribution in [3.05, 3.63) is 106 Å². The summed E-state index contributed by atoms with van der Waals surface area (Å²) in [5.41, 5.74) is 1.71. The van der Waals surface area contributed by atoms with Crippen LogP contribution in [-0.4, -0.2) is 65.4 Å². The van der Waals surface area contributed by atoms with Crippen LogP contribution in [0, 0.1) is 21.7 Å². The van der Waals surface area contributed by atoms with Gasteiger partial charge in [0.15, 0.2) is 0 Å². The van der Waals surface area contributed by atoms with Crippen molar-refractivity contribution < 1.29 is 28.3 Å². The fraction of sp³-hybridized carbons (Fsp3) is 0.269. The fourth-order valence-corrected chi connectivity index (χ4v) is 4.23. The Hall–Kier alpha value is -3.93. The molecule has 1 fully saturated rings. The van der Waals surface area contributed by atoms with Crippen molar-refractivity contribution in [2.24, 2.45) is 0 Å². The van der Waals surface area contributed by atoms with Gasteiger partial charge >= 0.3 is 6.09 Å². The summed E-state index contributed by atoms with van der Waals surface area (Å²) >= 11 is 0. The van der Waals surface area contributed by atoms with Crippen molar-refractivity contribution in [3.8, 4) is 0 Å². The normalized spacial score (nSPS) is 14.6. The van der Waals surface area contributed by atoms with Gasteiger partial charge in [-0.15, -0.1) is 0 Å². The highest BCUT2D eigenvalue weighted by Gasteiger charge is 2.27. The van der Waals surface area contributed by atoms with Gasteiger partial charge < -0.3 is 9.84 Å². The maximum absolute atomic E-state index is 13.4. The Labute approximate surface area is 212 Å². The number of rotatable bonds is 9. The van der Waals surface area contributed by atoms with E-state index in [-0.39, 0.29) is 17.3 Å².